The Morgan fingerprint density at radius 1 is 1.53 bits per heavy atom. The van der Waals surface area contributed by atoms with Gasteiger partial charge in [0.2, 0.25) is 0 Å². The molecule has 2 rings (SSSR count). The number of anilines is 1. The van der Waals surface area contributed by atoms with Crippen molar-refractivity contribution < 1.29 is 9.50 Å². The van der Waals surface area contributed by atoms with E-state index >= 15 is 0 Å². The Labute approximate surface area is 101 Å². The van der Waals surface area contributed by atoms with E-state index < -0.39 is 0 Å². The van der Waals surface area contributed by atoms with E-state index in [0.717, 1.165) is 24.2 Å². The fourth-order valence-corrected chi connectivity index (χ4v) is 2.29. The van der Waals surface area contributed by atoms with Crippen LogP contribution in [0.4, 0.5) is 10.1 Å². The highest BCUT2D eigenvalue weighted by Crippen LogP contribution is 2.26. The van der Waals surface area contributed by atoms with Gasteiger partial charge < -0.3 is 15.7 Å². The Morgan fingerprint density at radius 2 is 2.29 bits per heavy atom. The van der Waals surface area contributed by atoms with Gasteiger partial charge in [0, 0.05) is 25.3 Å². The van der Waals surface area contributed by atoms with Gasteiger partial charge in [-0.1, -0.05) is 6.92 Å². The molecule has 1 aromatic carbocycles. The SMILES string of the molecule is CC1CCN(c2ccc(F)cc2CN)CC1O. The van der Waals surface area contributed by atoms with Crippen molar-refractivity contribution in [3.05, 3.63) is 29.6 Å². The lowest BCUT2D eigenvalue weighted by Crippen LogP contribution is -2.43. The van der Waals surface area contributed by atoms with Crippen molar-refractivity contribution in [3.8, 4) is 0 Å². The van der Waals surface area contributed by atoms with Gasteiger partial charge in [-0.3, -0.25) is 0 Å². The molecule has 1 aromatic rings. The molecule has 2 atom stereocenters. The number of aliphatic hydroxyl groups is 1. The Balaban J connectivity index is 2.22. The summed E-state index contributed by atoms with van der Waals surface area (Å²) in [6.45, 7) is 3.85. The van der Waals surface area contributed by atoms with Crippen LogP contribution in [0.15, 0.2) is 18.2 Å². The van der Waals surface area contributed by atoms with Gasteiger partial charge in [-0.25, -0.2) is 4.39 Å². The summed E-state index contributed by atoms with van der Waals surface area (Å²) in [5.41, 5.74) is 7.37. The Hall–Kier alpha value is -1.13. The number of aliphatic hydroxyl groups excluding tert-OH is 1. The van der Waals surface area contributed by atoms with Crippen LogP contribution in [-0.2, 0) is 6.54 Å². The van der Waals surface area contributed by atoms with E-state index in [1.54, 1.807) is 6.07 Å². The van der Waals surface area contributed by atoms with E-state index in [0.29, 0.717) is 19.0 Å². The summed E-state index contributed by atoms with van der Waals surface area (Å²) >= 11 is 0. The molecule has 94 valence electrons. The monoisotopic (exact) mass is 238 g/mol. The molecule has 1 heterocycles. The lowest BCUT2D eigenvalue weighted by Gasteiger charge is -2.36. The molecule has 1 saturated heterocycles. The first-order valence-corrected chi connectivity index (χ1v) is 6.03. The highest BCUT2D eigenvalue weighted by Gasteiger charge is 2.25. The van der Waals surface area contributed by atoms with Crippen LogP contribution in [-0.4, -0.2) is 24.3 Å². The molecule has 1 aliphatic heterocycles. The Kier molecular flexibility index (Phi) is 3.64. The molecular formula is C13H19FN2O. The molecule has 0 saturated carbocycles. The summed E-state index contributed by atoms with van der Waals surface area (Å²) in [5.74, 6) is 0.0631. The molecule has 2 unspecified atom stereocenters. The minimum Gasteiger partial charge on any atom is -0.391 e. The number of hydrogen-bond acceptors (Lipinski definition) is 3. The van der Waals surface area contributed by atoms with Crippen LogP contribution in [0.1, 0.15) is 18.9 Å². The second-order valence-corrected chi connectivity index (χ2v) is 4.76. The molecule has 3 nitrogen and oxygen atoms in total. The summed E-state index contributed by atoms with van der Waals surface area (Å²) in [7, 11) is 0. The third-order valence-corrected chi connectivity index (χ3v) is 3.52. The third-order valence-electron chi connectivity index (χ3n) is 3.52. The van der Waals surface area contributed by atoms with Crippen LogP contribution < -0.4 is 10.6 Å². The van der Waals surface area contributed by atoms with Crippen molar-refractivity contribution >= 4 is 5.69 Å². The lowest BCUT2D eigenvalue weighted by atomic mass is 9.95. The van der Waals surface area contributed by atoms with Crippen LogP contribution in [0.3, 0.4) is 0 Å². The van der Waals surface area contributed by atoms with Crippen molar-refractivity contribution in [2.75, 3.05) is 18.0 Å². The molecule has 0 radical (unpaired) electrons. The van der Waals surface area contributed by atoms with Gasteiger partial charge in [0.1, 0.15) is 5.82 Å². The van der Waals surface area contributed by atoms with Gasteiger partial charge in [0.25, 0.3) is 0 Å². The highest BCUT2D eigenvalue weighted by molar-refractivity contribution is 5.54. The summed E-state index contributed by atoms with van der Waals surface area (Å²) in [6.07, 6.45) is 0.627. The fourth-order valence-electron chi connectivity index (χ4n) is 2.29. The first kappa shape index (κ1) is 12.3. The van der Waals surface area contributed by atoms with E-state index in [9.17, 15) is 9.50 Å². The molecule has 0 bridgehead atoms. The maximum Gasteiger partial charge on any atom is 0.123 e. The van der Waals surface area contributed by atoms with E-state index in [-0.39, 0.29) is 11.9 Å². The molecule has 0 spiro atoms. The van der Waals surface area contributed by atoms with E-state index in [1.807, 2.05) is 0 Å². The smallest absolute Gasteiger partial charge is 0.123 e. The minimum absolute atomic E-state index is 0.264. The molecule has 3 N–H and O–H groups in total. The predicted octanol–water partition coefficient (Wildman–Crippen LogP) is 1.49. The first-order valence-electron chi connectivity index (χ1n) is 6.03. The van der Waals surface area contributed by atoms with Crippen molar-refractivity contribution in [1.29, 1.82) is 0 Å². The normalized spacial score (nSPS) is 25.1. The number of hydrogen-bond donors (Lipinski definition) is 2. The Morgan fingerprint density at radius 3 is 2.94 bits per heavy atom. The Bertz CT molecular complexity index is 397. The number of rotatable bonds is 2. The van der Waals surface area contributed by atoms with Crippen LogP contribution in [0.25, 0.3) is 0 Å². The number of benzene rings is 1. The number of piperidine rings is 1. The molecular weight excluding hydrogens is 219 g/mol. The van der Waals surface area contributed by atoms with Gasteiger partial charge >= 0.3 is 0 Å². The van der Waals surface area contributed by atoms with Crippen molar-refractivity contribution in [2.45, 2.75) is 26.0 Å². The topological polar surface area (TPSA) is 49.5 Å². The standard InChI is InChI=1S/C13H19FN2O/c1-9-4-5-16(8-13(9)17)12-3-2-11(14)6-10(12)7-15/h2-3,6,9,13,17H,4-5,7-8,15H2,1H3. The average Bonchev–Trinajstić information content (AvgIpc) is 2.32. The maximum absolute atomic E-state index is 13.1. The summed E-state index contributed by atoms with van der Waals surface area (Å²) in [4.78, 5) is 2.09. The summed E-state index contributed by atoms with van der Waals surface area (Å²) < 4.78 is 13.1. The van der Waals surface area contributed by atoms with Crippen LogP contribution in [0.5, 0.6) is 0 Å². The zero-order chi connectivity index (χ0) is 12.4. The zero-order valence-corrected chi connectivity index (χ0v) is 10.1. The summed E-state index contributed by atoms with van der Waals surface area (Å²) in [5, 5.41) is 9.88. The van der Waals surface area contributed by atoms with E-state index in [1.165, 1.54) is 12.1 Å². The van der Waals surface area contributed by atoms with Crippen molar-refractivity contribution in [2.24, 2.45) is 11.7 Å². The van der Waals surface area contributed by atoms with Gasteiger partial charge in [-0.05, 0) is 36.1 Å². The summed E-state index contributed by atoms with van der Waals surface area (Å²) in [6, 6.07) is 4.67. The molecule has 4 heteroatoms. The lowest BCUT2D eigenvalue weighted by molar-refractivity contribution is 0.103. The first-order chi connectivity index (χ1) is 8.11. The van der Waals surface area contributed by atoms with Gasteiger partial charge in [-0.2, -0.15) is 0 Å². The van der Waals surface area contributed by atoms with Crippen LogP contribution in [0, 0.1) is 11.7 Å². The molecule has 0 aromatic heterocycles. The second kappa shape index (κ2) is 5.02. The third kappa shape index (κ3) is 2.58. The highest BCUT2D eigenvalue weighted by atomic mass is 19.1. The largest absolute Gasteiger partial charge is 0.391 e. The van der Waals surface area contributed by atoms with Crippen molar-refractivity contribution in [1.82, 2.24) is 0 Å². The fraction of sp³-hybridized carbons (Fsp3) is 0.538. The number of β-amino-alcohol motifs (C(OH)–C–C–N with tert-alkyl or cyclic N) is 1. The minimum atomic E-state index is -0.320. The van der Waals surface area contributed by atoms with Gasteiger partial charge in [0.05, 0.1) is 6.10 Å². The van der Waals surface area contributed by atoms with E-state index in [2.05, 4.69) is 11.8 Å². The quantitative estimate of drug-likeness (QED) is 0.820. The number of nitrogens with two attached hydrogens (primary N) is 1. The van der Waals surface area contributed by atoms with E-state index in [4.69, 9.17) is 5.73 Å². The second-order valence-electron chi connectivity index (χ2n) is 4.76. The maximum atomic E-state index is 13.1. The predicted molar refractivity (Wildman–Crippen MR) is 66.3 cm³/mol. The number of halogens is 1. The van der Waals surface area contributed by atoms with Crippen LogP contribution >= 0.6 is 0 Å². The molecule has 1 fully saturated rings. The van der Waals surface area contributed by atoms with Gasteiger partial charge in [-0.15, -0.1) is 0 Å². The zero-order valence-electron chi connectivity index (χ0n) is 10.1. The van der Waals surface area contributed by atoms with Crippen molar-refractivity contribution in [3.63, 3.8) is 0 Å². The molecule has 1 aliphatic rings. The molecule has 17 heavy (non-hydrogen) atoms. The molecule has 0 amide bonds. The van der Waals surface area contributed by atoms with Crippen LogP contribution in [0.2, 0.25) is 0 Å². The average molecular weight is 238 g/mol. The number of nitrogens with zero attached hydrogens (tertiary/aromatic N) is 1. The molecule has 0 aliphatic carbocycles. The van der Waals surface area contributed by atoms with Gasteiger partial charge in [0.15, 0.2) is 0 Å².